The Hall–Kier alpha value is -1.87. The van der Waals surface area contributed by atoms with Crippen molar-refractivity contribution in [2.24, 2.45) is 0 Å². The maximum Gasteiger partial charge on any atom is 0.140 e. The van der Waals surface area contributed by atoms with E-state index in [4.69, 9.17) is 5.73 Å². The molecule has 1 saturated carbocycles. The average molecular weight is 349 g/mol. The SMILES string of the molecule is N#Cc1c(-c2ccc(Br)cc2F)nn(C2CCCC2)c1N. The molecule has 2 aromatic rings. The minimum absolute atomic E-state index is 0.212. The maximum absolute atomic E-state index is 14.1. The van der Waals surface area contributed by atoms with Crippen LogP contribution >= 0.6 is 15.9 Å². The Morgan fingerprint density at radius 3 is 2.71 bits per heavy atom. The van der Waals surface area contributed by atoms with Gasteiger partial charge < -0.3 is 5.73 Å². The maximum atomic E-state index is 14.1. The molecule has 0 radical (unpaired) electrons. The number of anilines is 1. The summed E-state index contributed by atoms with van der Waals surface area (Å²) in [5, 5.41) is 13.8. The molecule has 2 N–H and O–H groups in total. The molecule has 108 valence electrons. The zero-order valence-electron chi connectivity index (χ0n) is 11.3. The number of nitrogens with zero attached hydrogens (tertiary/aromatic N) is 3. The van der Waals surface area contributed by atoms with Gasteiger partial charge in [-0.1, -0.05) is 28.8 Å². The fourth-order valence-electron chi connectivity index (χ4n) is 2.85. The summed E-state index contributed by atoms with van der Waals surface area (Å²) < 4.78 is 16.5. The molecular weight excluding hydrogens is 335 g/mol. The van der Waals surface area contributed by atoms with Crippen molar-refractivity contribution >= 4 is 21.7 Å². The summed E-state index contributed by atoms with van der Waals surface area (Å²) in [6, 6.07) is 6.97. The number of nitriles is 1. The van der Waals surface area contributed by atoms with Crippen molar-refractivity contribution in [2.75, 3.05) is 5.73 Å². The number of rotatable bonds is 2. The van der Waals surface area contributed by atoms with Crippen molar-refractivity contribution in [3.8, 4) is 17.3 Å². The van der Waals surface area contributed by atoms with Gasteiger partial charge in [0.05, 0.1) is 6.04 Å². The Bertz CT molecular complexity index is 726. The van der Waals surface area contributed by atoms with Gasteiger partial charge >= 0.3 is 0 Å². The highest BCUT2D eigenvalue weighted by Gasteiger charge is 2.25. The standard InChI is InChI=1S/C15H14BrFN4/c16-9-5-6-11(13(17)7-9)14-12(8-18)15(19)21(20-14)10-3-1-2-4-10/h5-7,10H,1-4,19H2. The first kappa shape index (κ1) is 14.1. The van der Waals surface area contributed by atoms with Crippen LogP contribution in [0.3, 0.4) is 0 Å². The van der Waals surface area contributed by atoms with Crippen LogP contribution in [0.2, 0.25) is 0 Å². The van der Waals surface area contributed by atoms with Crippen LogP contribution in [0.4, 0.5) is 10.2 Å². The monoisotopic (exact) mass is 348 g/mol. The van der Waals surface area contributed by atoms with Gasteiger partial charge in [-0.2, -0.15) is 10.4 Å². The Balaban J connectivity index is 2.14. The second kappa shape index (κ2) is 5.49. The molecule has 0 bridgehead atoms. The van der Waals surface area contributed by atoms with E-state index in [0.29, 0.717) is 21.5 Å². The van der Waals surface area contributed by atoms with E-state index < -0.39 is 5.82 Å². The van der Waals surface area contributed by atoms with Gasteiger partial charge in [0.25, 0.3) is 0 Å². The molecule has 1 fully saturated rings. The first-order valence-electron chi connectivity index (χ1n) is 6.85. The molecule has 21 heavy (non-hydrogen) atoms. The van der Waals surface area contributed by atoms with Gasteiger partial charge in [-0.15, -0.1) is 0 Å². The molecule has 1 aliphatic carbocycles. The molecular formula is C15H14BrFN4. The van der Waals surface area contributed by atoms with Gasteiger partial charge in [0.2, 0.25) is 0 Å². The van der Waals surface area contributed by atoms with E-state index >= 15 is 0 Å². The van der Waals surface area contributed by atoms with Gasteiger partial charge in [-0.05, 0) is 31.0 Å². The third-order valence-corrected chi connectivity index (χ3v) is 4.41. The van der Waals surface area contributed by atoms with Crippen LogP contribution in [0.25, 0.3) is 11.3 Å². The molecule has 3 rings (SSSR count). The van der Waals surface area contributed by atoms with E-state index in [9.17, 15) is 9.65 Å². The quantitative estimate of drug-likeness (QED) is 0.890. The second-order valence-electron chi connectivity index (χ2n) is 5.23. The molecule has 1 aromatic heterocycles. The Labute approximate surface area is 130 Å². The first-order chi connectivity index (χ1) is 10.1. The predicted octanol–water partition coefficient (Wildman–Crippen LogP) is 4.02. The third kappa shape index (κ3) is 2.42. The number of nitrogens with two attached hydrogens (primary N) is 1. The molecule has 0 atom stereocenters. The van der Waals surface area contributed by atoms with Crippen LogP contribution in [0.5, 0.6) is 0 Å². The normalized spacial score (nSPS) is 15.3. The molecule has 4 nitrogen and oxygen atoms in total. The van der Waals surface area contributed by atoms with Crippen molar-refractivity contribution in [2.45, 2.75) is 31.7 Å². The summed E-state index contributed by atoms with van der Waals surface area (Å²) in [6.45, 7) is 0. The molecule has 0 aliphatic heterocycles. The number of nitrogen functional groups attached to an aromatic ring is 1. The fourth-order valence-corrected chi connectivity index (χ4v) is 3.19. The molecule has 0 amide bonds. The van der Waals surface area contributed by atoms with Crippen LogP contribution in [0, 0.1) is 17.1 Å². The number of aromatic nitrogens is 2. The minimum atomic E-state index is -0.419. The summed E-state index contributed by atoms with van der Waals surface area (Å²) in [6.07, 6.45) is 4.26. The summed E-state index contributed by atoms with van der Waals surface area (Å²) >= 11 is 3.22. The molecule has 0 saturated heterocycles. The summed E-state index contributed by atoms with van der Waals surface area (Å²) in [7, 11) is 0. The summed E-state index contributed by atoms with van der Waals surface area (Å²) in [4.78, 5) is 0. The highest BCUT2D eigenvalue weighted by molar-refractivity contribution is 9.10. The van der Waals surface area contributed by atoms with E-state index in [0.717, 1.165) is 25.7 Å². The van der Waals surface area contributed by atoms with Gasteiger partial charge in [0.15, 0.2) is 0 Å². The van der Waals surface area contributed by atoms with Crippen LogP contribution in [0.15, 0.2) is 22.7 Å². The van der Waals surface area contributed by atoms with Gasteiger partial charge in [-0.3, -0.25) is 0 Å². The lowest BCUT2D eigenvalue weighted by Gasteiger charge is -2.11. The molecule has 1 aliphatic rings. The summed E-state index contributed by atoms with van der Waals surface area (Å²) in [5.41, 5.74) is 6.94. The molecule has 1 aromatic carbocycles. The van der Waals surface area contributed by atoms with Crippen molar-refractivity contribution in [1.29, 1.82) is 5.26 Å². The lowest BCUT2D eigenvalue weighted by molar-refractivity contribution is 0.474. The number of hydrogen-bond donors (Lipinski definition) is 1. The van der Waals surface area contributed by atoms with E-state index in [1.54, 1.807) is 16.8 Å². The van der Waals surface area contributed by atoms with E-state index in [1.165, 1.54) is 6.07 Å². The Kier molecular flexibility index (Phi) is 3.68. The van der Waals surface area contributed by atoms with Crippen LogP contribution in [0.1, 0.15) is 37.3 Å². The van der Waals surface area contributed by atoms with Gasteiger partial charge in [-0.25, -0.2) is 9.07 Å². The van der Waals surface area contributed by atoms with Crippen LogP contribution in [-0.2, 0) is 0 Å². The molecule has 1 heterocycles. The molecule has 0 spiro atoms. The van der Waals surface area contributed by atoms with E-state index in [2.05, 4.69) is 27.1 Å². The Morgan fingerprint density at radius 1 is 1.38 bits per heavy atom. The highest BCUT2D eigenvalue weighted by atomic mass is 79.9. The number of hydrogen-bond acceptors (Lipinski definition) is 3. The van der Waals surface area contributed by atoms with Crippen molar-refractivity contribution in [3.63, 3.8) is 0 Å². The zero-order chi connectivity index (χ0) is 15.0. The van der Waals surface area contributed by atoms with Gasteiger partial charge in [0.1, 0.15) is 29.0 Å². The predicted molar refractivity (Wildman–Crippen MR) is 82.0 cm³/mol. The summed E-state index contributed by atoms with van der Waals surface area (Å²) in [5.74, 6) is -0.0846. The van der Waals surface area contributed by atoms with Crippen LogP contribution < -0.4 is 5.73 Å². The first-order valence-corrected chi connectivity index (χ1v) is 7.64. The van der Waals surface area contributed by atoms with Crippen molar-refractivity contribution < 1.29 is 4.39 Å². The van der Waals surface area contributed by atoms with Crippen LogP contribution in [-0.4, -0.2) is 9.78 Å². The number of halogens is 2. The Morgan fingerprint density at radius 2 is 2.10 bits per heavy atom. The van der Waals surface area contributed by atoms with E-state index in [-0.39, 0.29) is 11.6 Å². The largest absolute Gasteiger partial charge is 0.383 e. The second-order valence-corrected chi connectivity index (χ2v) is 6.14. The lowest BCUT2D eigenvalue weighted by atomic mass is 10.1. The van der Waals surface area contributed by atoms with E-state index in [1.807, 2.05) is 0 Å². The topological polar surface area (TPSA) is 67.6 Å². The van der Waals surface area contributed by atoms with Gasteiger partial charge in [0, 0.05) is 10.0 Å². The fraction of sp³-hybridized carbons (Fsp3) is 0.333. The molecule has 6 heteroatoms. The zero-order valence-corrected chi connectivity index (χ0v) is 12.9. The smallest absolute Gasteiger partial charge is 0.140 e. The lowest BCUT2D eigenvalue weighted by Crippen LogP contribution is -2.10. The van der Waals surface area contributed by atoms with Crippen molar-refractivity contribution in [3.05, 3.63) is 34.1 Å². The molecule has 0 unspecified atom stereocenters. The average Bonchev–Trinajstić information content (AvgIpc) is 3.06. The van der Waals surface area contributed by atoms with Crippen molar-refractivity contribution in [1.82, 2.24) is 9.78 Å². The number of benzene rings is 1. The highest BCUT2D eigenvalue weighted by Crippen LogP contribution is 2.36. The minimum Gasteiger partial charge on any atom is -0.383 e. The third-order valence-electron chi connectivity index (χ3n) is 3.92.